The van der Waals surface area contributed by atoms with Gasteiger partial charge in [-0.3, -0.25) is 9.59 Å². The molecule has 0 saturated carbocycles. The zero-order valence-corrected chi connectivity index (χ0v) is 35.8. The van der Waals surface area contributed by atoms with E-state index in [-0.39, 0.29) is 6.54 Å². The molecular formula is C47H56N2O8Si. The second kappa shape index (κ2) is 18.4. The van der Waals surface area contributed by atoms with E-state index >= 15 is 4.79 Å². The summed E-state index contributed by atoms with van der Waals surface area (Å²) < 4.78 is 19.4. The Morgan fingerprint density at radius 1 is 0.741 bits per heavy atom. The Morgan fingerprint density at radius 2 is 1.26 bits per heavy atom. The van der Waals surface area contributed by atoms with E-state index in [2.05, 4.69) is 20.8 Å². The van der Waals surface area contributed by atoms with Gasteiger partial charge in [-0.05, 0) is 71.8 Å². The van der Waals surface area contributed by atoms with Crippen LogP contribution in [0.25, 0.3) is 11.1 Å². The van der Waals surface area contributed by atoms with E-state index in [0.29, 0.717) is 19.4 Å². The number of nitrogens with zero attached hydrogens (tertiary/aromatic N) is 2. The van der Waals surface area contributed by atoms with Crippen LogP contribution in [0, 0.1) is 0 Å². The summed E-state index contributed by atoms with van der Waals surface area (Å²) in [7, 11) is -3.51. The number of rotatable bonds is 13. The van der Waals surface area contributed by atoms with Gasteiger partial charge in [0.1, 0.15) is 11.6 Å². The van der Waals surface area contributed by atoms with Gasteiger partial charge in [0.15, 0.2) is 0 Å². The number of ether oxygens (including phenoxy) is 2. The maximum absolute atomic E-state index is 15.1. The molecule has 4 aromatic carbocycles. The molecule has 0 radical (unpaired) electrons. The summed E-state index contributed by atoms with van der Waals surface area (Å²) in [6.45, 7) is 14.9. The lowest BCUT2D eigenvalue weighted by atomic mass is 9.97. The molecule has 5 rings (SSSR count). The first-order chi connectivity index (χ1) is 27.5. The van der Waals surface area contributed by atoms with E-state index in [0.717, 1.165) is 32.0 Å². The molecular weight excluding hydrogens is 749 g/mol. The van der Waals surface area contributed by atoms with Crippen molar-refractivity contribution in [1.29, 1.82) is 0 Å². The number of amides is 3. The van der Waals surface area contributed by atoms with Crippen molar-refractivity contribution in [2.45, 2.75) is 97.1 Å². The van der Waals surface area contributed by atoms with Crippen molar-refractivity contribution in [3.05, 3.63) is 133 Å². The monoisotopic (exact) mass is 804 g/mol. The summed E-state index contributed by atoms with van der Waals surface area (Å²) >= 11 is 0. The van der Waals surface area contributed by atoms with E-state index < -0.39 is 66.8 Å². The normalized spacial score (nSPS) is 17.0. The van der Waals surface area contributed by atoms with Crippen molar-refractivity contribution in [3.8, 4) is 11.1 Å². The van der Waals surface area contributed by atoms with Gasteiger partial charge in [0, 0.05) is 20.0 Å². The van der Waals surface area contributed by atoms with Crippen LogP contribution in [0.2, 0.25) is 5.04 Å². The predicted molar refractivity (Wildman–Crippen MR) is 228 cm³/mol. The molecule has 0 unspecified atom stereocenters. The van der Waals surface area contributed by atoms with Gasteiger partial charge in [0.25, 0.3) is 14.2 Å². The Balaban J connectivity index is 1.64. The SMILES string of the molecule is CCCN(CCc1ccc(-c2ccccc2)cc1)C(=O)[C@@H]1OC(C(=O)O)=C[C@@H](O[Si](c2ccccc2)(c2ccccc2)C(C)(C)C)[C@H]1N(C(C)=O)C(=O)OC(C)(C)C. The number of carboxylic acid groups (broad SMARTS) is 1. The summed E-state index contributed by atoms with van der Waals surface area (Å²) in [6.07, 6.45) is -1.61. The summed E-state index contributed by atoms with van der Waals surface area (Å²) in [4.78, 5) is 58.4. The second-order valence-electron chi connectivity index (χ2n) is 16.6. The summed E-state index contributed by atoms with van der Waals surface area (Å²) in [6, 6.07) is 36.1. The molecule has 0 spiro atoms. The second-order valence-corrected chi connectivity index (χ2v) is 20.9. The van der Waals surface area contributed by atoms with E-state index in [4.69, 9.17) is 13.9 Å². The van der Waals surface area contributed by atoms with Crippen molar-refractivity contribution >= 4 is 42.6 Å². The molecule has 58 heavy (non-hydrogen) atoms. The molecule has 0 saturated heterocycles. The molecule has 1 aliphatic rings. The maximum Gasteiger partial charge on any atom is 0.417 e. The molecule has 3 atom stereocenters. The average molecular weight is 805 g/mol. The third kappa shape index (κ3) is 9.94. The molecule has 0 aromatic heterocycles. The largest absolute Gasteiger partial charge is 0.475 e. The maximum atomic E-state index is 15.1. The fourth-order valence-electron chi connectivity index (χ4n) is 7.58. The number of carbonyl (C=O) groups is 4. The molecule has 0 fully saturated rings. The smallest absolute Gasteiger partial charge is 0.417 e. The van der Waals surface area contributed by atoms with Crippen LogP contribution in [0.1, 0.15) is 67.4 Å². The van der Waals surface area contributed by atoms with Gasteiger partial charge in [-0.25, -0.2) is 14.5 Å². The molecule has 3 amide bonds. The van der Waals surface area contributed by atoms with Crippen molar-refractivity contribution in [2.75, 3.05) is 13.1 Å². The van der Waals surface area contributed by atoms with Crippen LogP contribution in [0.5, 0.6) is 0 Å². The highest BCUT2D eigenvalue weighted by atomic mass is 28.4. The highest BCUT2D eigenvalue weighted by Gasteiger charge is 2.57. The van der Waals surface area contributed by atoms with Crippen LogP contribution in [-0.2, 0) is 34.7 Å². The lowest BCUT2D eigenvalue weighted by Crippen LogP contribution is -2.71. The Hall–Kier alpha value is -5.52. The lowest BCUT2D eigenvalue weighted by Gasteiger charge is -2.49. The van der Waals surface area contributed by atoms with Gasteiger partial charge in [-0.2, -0.15) is 0 Å². The van der Waals surface area contributed by atoms with Gasteiger partial charge in [0.05, 0.1) is 6.10 Å². The molecule has 306 valence electrons. The topological polar surface area (TPSA) is 123 Å². The fraction of sp³-hybridized carbons (Fsp3) is 0.362. The minimum absolute atomic E-state index is 0.267. The molecule has 1 heterocycles. The van der Waals surface area contributed by atoms with Crippen molar-refractivity contribution < 1.29 is 38.2 Å². The van der Waals surface area contributed by atoms with Crippen LogP contribution in [-0.4, -0.2) is 84.0 Å². The van der Waals surface area contributed by atoms with Crippen LogP contribution < -0.4 is 10.4 Å². The number of benzene rings is 4. The highest BCUT2D eigenvalue weighted by molar-refractivity contribution is 6.99. The number of carboxylic acids is 1. The van der Waals surface area contributed by atoms with Crippen LogP contribution in [0.3, 0.4) is 0 Å². The molecule has 1 aliphatic heterocycles. The standard InChI is InChI=1S/C47H56N2O8Si/c1-9-30-48(31-29-34-25-27-36(28-26-34)35-19-13-10-14-20-35)43(51)42-41(49(33(2)50)45(54)56-46(3,4)5)39(32-40(55-42)44(52)53)57-58(47(6,7)8,37-21-15-11-16-22-37)38-23-17-12-18-24-38/h10-28,32,39,41-42H,9,29-31H2,1-8H3,(H,52,53)/t39-,41-,42-/m1/s1. The lowest BCUT2D eigenvalue weighted by molar-refractivity contribution is -0.157. The number of imide groups is 1. The average Bonchev–Trinajstić information content (AvgIpc) is 3.18. The van der Waals surface area contributed by atoms with Gasteiger partial charge in [-0.15, -0.1) is 0 Å². The molecule has 1 N–H and O–H groups in total. The summed E-state index contributed by atoms with van der Waals surface area (Å²) in [5.74, 6) is -3.23. The molecule has 11 heteroatoms. The van der Waals surface area contributed by atoms with Gasteiger partial charge >= 0.3 is 12.1 Å². The predicted octanol–water partition coefficient (Wildman–Crippen LogP) is 7.60. The van der Waals surface area contributed by atoms with Gasteiger partial charge in [0.2, 0.25) is 17.8 Å². The van der Waals surface area contributed by atoms with Crippen molar-refractivity contribution in [1.82, 2.24) is 9.80 Å². The zero-order chi connectivity index (χ0) is 42.3. The minimum Gasteiger partial charge on any atom is -0.475 e. The van der Waals surface area contributed by atoms with E-state index in [1.54, 1.807) is 25.7 Å². The first kappa shape index (κ1) is 43.6. The quantitative estimate of drug-likeness (QED) is 0.137. The zero-order valence-electron chi connectivity index (χ0n) is 34.8. The van der Waals surface area contributed by atoms with Crippen LogP contribution in [0.4, 0.5) is 4.79 Å². The minimum atomic E-state index is -3.51. The van der Waals surface area contributed by atoms with E-state index in [1.165, 1.54) is 13.0 Å². The van der Waals surface area contributed by atoms with E-state index in [9.17, 15) is 19.5 Å². The third-order valence-electron chi connectivity index (χ3n) is 10.2. The first-order valence-electron chi connectivity index (χ1n) is 19.8. The van der Waals surface area contributed by atoms with E-state index in [1.807, 2.05) is 122 Å². The summed E-state index contributed by atoms with van der Waals surface area (Å²) in [5, 5.41) is 11.7. The molecule has 0 aliphatic carbocycles. The van der Waals surface area contributed by atoms with Crippen LogP contribution in [0.15, 0.2) is 127 Å². The van der Waals surface area contributed by atoms with Crippen molar-refractivity contribution in [2.24, 2.45) is 0 Å². The molecule has 0 bridgehead atoms. The number of carbonyl (C=O) groups excluding carboxylic acids is 3. The molecule has 4 aromatic rings. The first-order valence-corrected chi connectivity index (χ1v) is 21.7. The molecule has 10 nitrogen and oxygen atoms in total. The van der Waals surface area contributed by atoms with Gasteiger partial charge < -0.3 is 23.9 Å². The Bertz CT molecular complexity index is 2020. The Kier molecular flexibility index (Phi) is 13.8. The highest BCUT2D eigenvalue weighted by Crippen LogP contribution is 2.40. The van der Waals surface area contributed by atoms with Crippen LogP contribution >= 0.6 is 0 Å². The summed E-state index contributed by atoms with van der Waals surface area (Å²) in [5.41, 5.74) is 2.14. The number of hydrogen-bond donors (Lipinski definition) is 1. The number of hydrogen-bond acceptors (Lipinski definition) is 7. The Morgan fingerprint density at radius 3 is 1.72 bits per heavy atom. The fourth-order valence-corrected chi connectivity index (χ4v) is 12.2. The Labute approximate surface area is 343 Å². The van der Waals surface area contributed by atoms with Crippen molar-refractivity contribution in [3.63, 3.8) is 0 Å². The number of aliphatic carboxylic acids is 1. The third-order valence-corrected chi connectivity index (χ3v) is 15.2. The van der Waals surface area contributed by atoms with Gasteiger partial charge in [-0.1, -0.05) is 143 Å².